The summed E-state index contributed by atoms with van der Waals surface area (Å²) >= 11 is 5.90. The molecule has 0 spiro atoms. The monoisotopic (exact) mass is 311 g/mol. The van der Waals surface area contributed by atoms with Gasteiger partial charge in [-0.1, -0.05) is 85.0 Å². The van der Waals surface area contributed by atoms with Crippen LogP contribution in [0.2, 0.25) is 0 Å². The van der Waals surface area contributed by atoms with Gasteiger partial charge >= 0.3 is 0 Å². The highest BCUT2D eigenvalue weighted by Crippen LogP contribution is 2.03. The Morgan fingerprint density at radius 2 is 1.18 bits per heavy atom. The lowest BCUT2D eigenvalue weighted by atomic mass is 10.2. The van der Waals surface area contributed by atoms with Crippen molar-refractivity contribution >= 4 is 23.8 Å². The van der Waals surface area contributed by atoms with E-state index in [1.807, 2.05) is 12.1 Å². The summed E-state index contributed by atoms with van der Waals surface area (Å²) in [5, 5.41) is 0. The Morgan fingerprint density at radius 3 is 1.59 bits per heavy atom. The average Bonchev–Trinajstić information content (AvgIpc) is 2.57. The predicted molar refractivity (Wildman–Crippen MR) is 98.1 cm³/mol. The molecule has 0 aliphatic carbocycles. The van der Waals surface area contributed by atoms with E-state index in [0.717, 1.165) is 19.6 Å². The molecule has 0 atom stereocenters. The maximum Gasteiger partial charge on any atom is 0.0351 e. The maximum atomic E-state index is 5.90. The summed E-state index contributed by atoms with van der Waals surface area (Å²) in [6, 6.07) is 20.7. The summed E-state index contributed by atoms with van der Waals surface area (Å²) in [7, 11) is 0. The molecule has 0 unspecified atom stereocenters. The fraction of sp³-hybridized carbons (Fsp3) is 0.200. The number of benzene rings is 2. The molecular weight excluding hydrogens is 290 g/mol. The molecule has 2 rings (SSSR count). The summed E-state index contributed by atoms with van der Waals surface area (Å²) in [6.45, 7) is 2.70. The first-order chi connectivity index (χ1) is 10.9. The van der Waals surface area contributed by atoms with E-state index in [2.05, 4.69) is 77.7 Å². The Kier molecular flexibility index (Phi) is 7.51. The van der Waals surface area contributed by atoms with Crippen molar-refractivity contribution in [2.75, 3.05) is 25.5 Å². The minimum Gasteiger partial charge on any atom is -0.295 e. The molecule has 2 aromatic carbocycles. The van der Waals surface area contributed by atoms with Crippen molar-refractivity contribution in [2.45, 2.75) is 0 Å². The fourth-order valence-corrected chi connectivity index (χ4v) is 2.42. The van der Waals surface area contributed by atoms with Crippen LogP contribution < -0.4 is 0 Å². The average molecular weight is 312 g/mol. The Hall–Kier alpha value is -1.83. The summed E-state index contributed by atoms with van der Waals surface area (Å²) in [4.78, 5) is 2.33. The molecule has 0 saturated heterocycles. The van der Waals surface area contributed by atoms with E-state index < -0.39 is 0 Å². The minimum absolute atomic E-state index is 0.651. The van der Waals surface area contributed by atoms with E-state index in [-0.39, 0.29) is 0 Å². The molecule has 2 aromatic rings. The first kappa shape index (κ1) is 16.5. The summed E-state index contributed by atoms with van der Waals surface area (Å²) in [5.74, 6) is 0.651. The number of halogens is 1. The molecule has 0 radical (unpaired) electrons. The molecular formula is C20H22ClN. The Balaban J connectivity index is 1.84. The van der Waals surface area contributed by atoms with Crippen molar-refractivity contribution in [2.24, 2.45) is 0 Å². The van der Waals surface area contributed by atoms with E-state index in [1.165, 1.54) is 11.1 Å². The van der Waals surface area contributed by atoms with Crippen LogP contribution in [0.15, 0.2) is 72.8 Å². The smallest absolute Gasteiger partial charge is 0.0351 e. The molecule has 0 fully saturated rings. The number of alkyl halides is 1. The highest BCUT2D eigenvalue weighted by atomic mass is 35.5. The zero-order valence-electron chi connectivity index (χ0n) is 12.7. The van der Waals surface area contributed by atoms with E-state index in [0.29, 0.717) is 5.88 Å². The number of hydrogen-bond donors (Lipinski definition) is 0. The topological polar surface area (TPSA) is 3.24 Å². The molecule has 0 aliphatic rings. The van der Waals surface area contributed by atoms with Crippen molar-refractivity contribution in [1.29, 1.82) is 0 Å². The van der Waals surface area contributed by atoms with Gasteiger partial charge in [0.1, 0.15) is 0 Å². The number of hydrogen-bond acceptors (Lipinski definition) is 1. The molecule has 0 saturated carbocycles. The molecule has 0 N–H and O–H groups in total. The standard InChI is InChI=1S/C20H22ClN/c21-15-18-22(16-7-13-19-9-3-1-4-10-19)17-8-14-20-11-5-2-6-12-20/h1-14H,15-18H2. The molecule has 114 valence electrons. The van der Waals surface area contributed by atoms with Crippen LogP contribution in [0, 0.1) is 0 Å². The highest BCUT2D eigenvalue weighted by Gasteiger charge is 1.99. The predicted octanol–water partition coefficient (Wildman–Crippen LogP) is 4.95. The normalized spacial score (nSPS) is 11.7. The molecule has 1 nitrogen and oxygen atoms in total. The SMILES string of the molecule is ClCCN(CC=Cc1ccccc1)CC=Cc1ccccc1. The third-order valence-corrected chi connectivity index (χ3v) is 3.52. The molecule has 0 heterocycles. The molecule has 0 aliphatic heterocycles. The van der Waals surface area contributed by atoms with Crippen LogP contribution in [-0.4, -0.2) is 30.4 Å². The van der Waals surface area contributed by atoms with Gasteiger partial charge in [0.05, 0.1) is 0 Å². The van der Waals surface area contributed by atoms with Gasteiger partial charge in [0.2, 0.25) is 0 Å². The van der Waals surface area contributed by atoms with Crippen LogP contribution >= 0.6 is 11.6 Å². The Bertz CT molecular complexity index is 524. The summed E-state index contributed by atoms with van der Waals surface area (Å²) in [5.41, 5.74) is 2.46. The molecule has 0 aromatic heterocycles. The minimum atomic E-state index is 0.651. The molecule has 2 heteroatoms. The lowest BCUT2D eigenvalue weighted by molar-refractivity contribution is 0.357. The Labute approximate surface area is 138 Å². The van der Waals surface area contributed by atoms with Gasteiger partial charge in [-0.3, -0.25) is 4.90 Å². The van der Waals surface area contributed by atoms with Crippen LogP contribution in [0.4, 0.5) is 0 Å². The summed E-state index contributed by atoms with van der Waals surface area (Å²) < 4.78 is 0. The van der Waals surface area contributed by atoms with Gasteiger partial charge in [0.15, 0.2) is 0 Å². The van der Waals surface area contributed by atoms with Crippen molar-refractivity contribution in [3.63, 3.8) is 0 Å². The Morgan fingerprint density at radius 1 is 0.727 bits per heavy atom. The van der Waals surface area contributed by atoms with Gasteiger partial charge in [0.25, 0.3) is 0 Å². The molecule has 0 amide bonds. The van der Waals surface area contributed by atoms with Gasteiger partial charge in [-0.05, 0) is 11.1 Å². The van der Waals surface area contributed by atoms with Crippen LogP contribution in [0.3, 0.4) is 0 Å². The molecule has 22 heavy (non-hydrogen) atoms. The highest BCUT2D eigenvalue weighted by molar-refractivity contribution is 6.18. The van der Waals surface area contributed by atoms with Crippen LogP contribution in [0.5, 0.6) is 0 Å². The zero-order valence-corrected chi connectivity index (χ0v) is 13.5. The van der Waals surface area contributed by atoms with E-state index >= 15 is 0 Å². The van der Waals surface area contributed by atoms with Crippen molar-refractivity contribution in [1.82, 2.24) is 4.90 Å². The van der Waals surface area contributed by atoms with Gasteiger partial charge in [-0.25, -0.2) is 0 Å². The third kappa shape index (κ3) is 6.30. The van der Waals surface area contributed by atoms with Gasteiger partial charge in [-0.15, -0.1) is 11.6 Å². The second-order valence-corrected chi connectivity index (χ2v) is 5.45. The number of nitrogens with zero attached hydrogens (tertiary/aromatic N) is 1. The molecule has 0 bridgehead atoms. The van der Waals surface area contributed by atoms with E-state index in [1.54, 1.807) is 0 Å². The number of rotatable bonds is 8. The van der Waals surface area contributed by atoms with Crippen molar-refractivity contribution < 1.29 is 0 Å². The second-order valence-electron chi connectivity index (χ2n) is 5.07. The maximum absolute atomic E-state index is 5.90. The van der Waals surface area contributed by atoms with Crippen LogP contribution in [-0.2, 0) is 0 Å². The van der Waals surface area contributed by atoms with Gasteiger partial charge in [-0.2, -0.15) is 0 Å². The largest absolute Gasteiger partial charge is 0.295 e. The van der Waals surface area contributed by atoms with E-state index in [9.17, 15) is 0 Å². The zero-order chi connectivity index (χ0) is 15.5. The lowest BCUT2D eigenvalue weighted by Crippen LogP contribution is -2.26. The summed E-state index contributed by atoms with van der Waals surface area (Å²) in [6.07, 6.45) is 8.70. The first-order valence-electron chi connectivity index (χ1n) is 7.60. The fourth-order valence-electron chi connectivity index (χ4n) is 2.18. The van der Waals surface area contributed by atoms with Crippen molar-refractivity contribution in [3.05, 3.63) is 83.9 Å². The quantitative estimate of drug-likeness (QED) is 0.623. The van der Waals surface area contributed by atoms with Gasteiger partial charge in [0, 0.05) is 25.5 Å². The first-order valence-corrected chi connectivity index (χ1v) is 8.13. The van der Waals surface area contributed by atoms with E-state index in [4.69, 9.17) is 11.6 Å². The third-order valence-electron chi connectivity index (χ3n) is 3.35. The van der Waals surface area contributed by atoms with Gasteiger partial charge < -0.3 is 0 Å². The van der Waals surface area contributed by atoms with Crippen LogP contribution in [0.25, 0.3) is 12.2 Å². The second kappa shape index (κ2) is 9.99. The van der Waals surface area contributed by atoms with Crippen molar-refractivity contribution in [3.8, 4) is 0 Å². The van der Waals surface area contributed by atoms with Crippen LogP contribution in [0.1, 0.15) is 11.1 Å². The lowest BCUT2D eigenvalue weighted by Gasteiger charge is -2.17.